The smallest absolute Gasteiger partial charge is 0.146 e. The molecule has 2 aromatic rings. The summed E-state index contributed by atoms with van der Waals surface area (Å²) in [4.78, 5) is 8.46. The van der Waals surface area contributed by atoms with E-state index in [1.807, 2.05) is 13.0 Å². The van der Waals surface area contributed by atoms with Crippen LogP contribution in [-0.2, 0) is 6.42 Å². The molecule has 0 aliphatic heterocycles. The maximum Gasteiger partial charge on any atom is 0.146 e. The molecule has 0 aliphatic carbocycles. The van der Waals surface area contributed by atoms with Gasteiger partial charge in [-0.25, -0.2) is 19.8 Å². The molecule has 0 saturated heterocycles. The molecule has 3 N–H and O–H groups in total. The molecule has 0 fully saturated rings. The van der Waals surface area contributed by atoms with E-state index in [1.54, 1.807) is 12.4 Å². The number of hydrazine groups is 1. The number of halogens is 2. The van der Waals surface area contributed by atoms with Crippen LogP contribution < -0.4 is 11.3 Å². The molecular formula is C13H14BrFN4. The summed E-state index contributed by atoms with van der Waals surface area (Å²) in [7, 11) is 0. The summed E-state index contributed by atoms with van der Waals surface area (Å²) in [5.41, 5.74) is 4.46. The number of nitrogens with zero attached hydrogens (tertiary/aromatic N) is 2. The second-order valence-corrected chi connectivity index (χ2v) is 5.24. The van der Waals surface area contributed by atoms with Gasteiger partial charge in [0.15, 0.2) is 0 Å². The summed E-state index contributed by atoms with van der Waals surface area (Å²) in [5.74, 6) is 5.84. The lowest BCUT2D eigenvalue weighted by Gasteiger charge is -2.14. The van der Waals surface area contributed by atoms with Gasteiger partial charge in [-0.3, -0.25) is 5.84 Å². The highest BCUT2D eigenvalue weighted by Gasteiger charge is 2.14. The predicted octanol–water partition coefficient (Wildman–Crippen LogP) is 2.43. The van der Waals surface area contributed by atoms with Crippen molar-refractivity contribution >= 4 is 15.9 Å². The average molecular weight is 325 g/mol. The van der Waals surface area contributed by atoms with Gasteiger partial charge in [-0.15, -0.1) is 0 Å². The molecule has 0 aliphatic rings. The molecular weight excluding hydrogens is 311 g/mol. The first-order chi connectivity index (χ1) is 9.08. The molecule has 1 heterocycles. The number of benzene rings is 1. The van der Waals surface area contributed by atoms with Crippen LogP contribution in [0.1, 0.15) is 23.0 Å². The second kappa shape index (κ2) is 6.18. The van der Waals surface area contributed by atoms with Crippen LogP contribution in [0.5, 0.6) is 0 Å². The first-order valence-corrected chi connectivity index (χ1v) is 6.57. The molecule has 1 atom stereocenters. The molecule has 6 heteroatoms. The van der Waals surface area contributed by atoms with E-state index in [2.05, 4.69) is 31.3 Å². The number of aryl methyl sites for hydroxylation is 1. The summed E-state index contributed by atoms with van der Waals surface area (Å²) in [6.45, 7) is 1.92. The first-order valence-electron chi connectivity index (χ1n) is 5.78. The Balaban J connectivity index is 2.21. The van der Waals surface area contributed by atoms with Crippen molar-refractivity contribution in [3.05, 3.63) is 57.8 Å². The van der Waals surface area contributed by atoms with Crippen LogP contribution in [0.4, 0.5) is 4.39 Å². The Hall–Kier alpha value is -1.37. The standard InChI is InChI=1S/C13H14BrFN4/c1-8-6-17-13(18-7-8)12(19-16)4-9-2-10(14)5-11(15)3-9/h2-3,5-7,12,19H,4,16H2,1H3. The SMILES string of the molecule is Cc1cnc(C(Cc2cc(F)cc(Br)c2)NN)nc1. The van der Waals surface area contributed by atoms with E-state index in [0.717, 1.165) is 11.1 Å². The molecule has 0 radical (unpaired) electrons. The van der Waals surface area contributed by atoms with Crippen LogP contribution in [0, 0.1) is 12.7 Å². The highest BCUT2D eigenvalue weighted by molar-refractivity contribution is 9.10. The van der Waals surface area contributed by atoms with Crippen molar-refractivity contribution in [1.29, 1.82) is 0 Å². The van der Waals surface area contributed by atoms with Crippen molar-refractivity contribution in [3.8, 4) is 0 Å². The van der Waals surface area contributed by atoms with Gasteiger partial charge < -0.3 is 0 Å². The summed E-state index contributed by atoms with van der Waals surface area (Å²) in [5, 5.41) is 0. The van der Waals surface area contributed by atoms with Crippen molar-refractivity contribution in [3.63, 3.8) is 0 Å². The maximum absolute atomic E-state index is 13.3. The molecule has 19 heavy (non-hydrogen) atoms. The number of rotatable bonds is 4. The van der Waals surface area contributed by atoms with Gasteiger partial charge in [-0.1, -0.05) is 15.9 Å². The van der Waals surface area contributed by atoms with E-state index in [1.165, 1.54) is 12.1 Å². The summed E-state index contributed by atoms with van der Waals surface area (Å²) in [6, 6.07) is 4.48. The molecule has 0 bridgehead atoms. The number of hydrogen-bond donors (Lipinski definition) is 2. The fourth-order valence-corrected chi connectivity index (χ4v) is 2.28. The van der Waals surface area contributed by atoms with Gasteiger partial charge in [-0.05, 0) is 42.7 Å². The van der Waals surface area contributed by atoms with Crippen LogP contribution in [0.15, 0.2) is 35.1 Å². The Morgan fingerprint density at radius 3 is 2.58 bits per heavy atom. The predicted molar refractivity (Wildman–Crippen MR) is 74.6 cm³/mol. The van der Waals surface area contributed by atoms with Gasteiger partial charge in [0.05, 0.1) is 6.04 Å². The normalized spacial score (nSPS) is 12.4. The van der Waals surface area contributed by atoms with Gasteiger partial charge in [-0.2, -0.15) is 0 Å². The quantitative estimate of drug-likeness (QED) is 0.669. The van der Waals surface area contributed by atoms with E-state index in [0.29, 0.717) is 16.7 Å². The van der Waals surface area contributed by atoms with Crippen molar-refractivity contribution in [2.24, 2.45) is 5.84 Å². The van der Waals surface area contributed by atoms with E-state index in [-0.39, 0.29) is 11.9 Å². The largest absolute Gasteiger partial charge is 0.271 e. The van der Waals surface area contributed by atoms with Gasteiger partial charge in [0.1, 0.15) is 11.6 Å². The zero-order valence-electron chi connectivity index (χ0n) is 10.4. The fourth-order valence-electron chi connectivity index (χ4n) is 1.77. The van der Waals surface area contributed by atoms with Crippen LogP contribution in [0.2, 0.25) is 0 Å². The summed E-state index contributed by atoms with van der Waals surface area (Å²) < 4.78 is 14.0. The topological polar surface area (TPSA) is 63.8 Å². The highest BCUT2D eigenvalue weighted by atomic mass is 79.9. The number of aromatic nitrogens is 2. The fraction of sp³-hybridized carbons (Fsp3) is 0.231. The molecule has 1 unspecified atom stereocenters. The monoisotopic (exact) mass is 324 g/mol. The second-order valence-electron chi connectivity index (χ2n) is 4.32. The van der Waals surface area contributed by atoms with E-state index in [4.69, 9.17) is 5.84 Å². The highest BCUT2D eigenvalue weighted by Crippen LogP contribution is 2.19. The molecule has 0 spiro atoms. The van der Waals surface area contributed by atoms with Crippen molar-refractivity contribution in [2.45, 2.75) is 19.4 Å². The Labute approximate surface area is 119 Å². The zero-order chi connectivity index (χ0) is 13.8. The van der Waals surface area contributed by atoms with Crippen molar-refractivity contribution in [2.75, 3.05) is 0 Å². The average Bonchev–Trinajstić information content (AvgIpc) is 2.36. The van der Waals surface area contributed by atoms with Crippen LogP contribution in [0.25, 0.3) is 0 Å². The Kier molecular flexibility index (Phi) is 4.57. The molecule has 1 aromatic heterocycles. The van der Waals surface area contributed by atoms with Crippen LogP contribution >= 0.6 is 15.9 Å². The zero-order valence-corrected chi connectivity index (χ0v) is 12.0. The minimum atomic E-state index is -0.287. The third-order valence-electron chi connectivity index (χ3n) is 2.68. The molecule has 0 saturated carbocycles. The first kappa shape index (κ1) is 14.0. The van der Waals surface area contributed by atoms with Gasteiger partial charge in [0.25, 0.3) is 0 Å². The van der Waals surface area contributed by atoms with E-state index in [9.17, 15) is 4.39 Å². The number of hydrogen-bond acceptors (Lipinski definition) is 4. The maximum atomic E-state index is 13.3. The van der Waals surface area contributed by atoms with E-state index >= 15 is 0 Å². The van der Waals surface area contributed by atoms with Crippen LogP contribution in [-0.4, -0.2) is 9.97 Å². The third kappa shape index (κ3) is 3.79. The number of nitrogens with two attached hydrogens (primary N) is 1. The van der Waals surface area contributed by atoms with Crippen molar-refractivity contribution < 1.29 is 4.39 Å². The minimum Gasteiger partial charge on any atom is -0.271 e. The van der Waals surface area contributed by atoms with Gasteiger partial charge >= 0.3 is 0 Å². The Bertz CT molecular complexity index is 539. The molecule has 100 valence electrons. The lowest BCUT2D eigenvalue weighted by atomic mass is 10.1. The van der Waals surface area contributed by atoms with E-state index < -0.39 is 0 Å². The summed E-state index contributed by atoms with van der Waals surface area (Å²) >= 11 is 3.27. The third-order valence-corrected chi connectivity index (χ3v) is 3.13. The Morgan fingerprint density at radius 2 is 2.00 bits per heavy atom. The van der Waals surface area contributed by atoms with Crippen molar-refractivity contribution in [1.82, 2.24) is 15.4 Å². The summed E-state index contributed by atoms with van der Waals surface area (Å²) in [6.07, 6.45) is 3.97. The lowest BCUT2D eigenvalue weighted by Crippen LogP contribution is -2.31. The van der Waals surface area contributed by atoms with Gasteiger partial charge in [0.2, 0.25) is 0 Å². The Morgan fingerprint density at radius 1 is 1.32 bits per heavy atom. The van der Waals surface area contributed by atoms with Gasteiger partial charge in [0, 0.05) is 16.9 Å². The minimum absolute atomic E-state index is 0.255. The lowest BCUT2D eigenvalue weighted by molar-refractivity contribution is 0.520. The molecule has 1 aromatic carbocycles. The molecule has 2 rings (SSSR count). The van der Waals surface area contributed by atoms with Crippen LogP contribution in [0.3, 0.4) is 0 Å². The molecule has 4 nitrogen and oxygen atoms in total. The molecule has 0 amide bonds. The number of nitrogens with one attached hydrogen (secondary N) is 1.